The Morgan fingerprint density at radius 1 is 1.25 bits per heavy atom. The van der Waals surface area contributed by atoms with E-state index in [2.05, 4.69) is 15.6 Å². The van der Waals surface area contributed by atoms with Crippen molar-refractivity contribution in [1.82, 2.24) is 14.9 Å². The van der Waals surface area contributed by atoms with E-state index in [1.807, 2.05) is 36.7 Å². The van der Waals surface area contributed by atoms with Crippen molar-refractivity contribution in [3.05, 3.63) is 47.8 Å². The van der Waals surface area contributed by atoms with Crippen LogP contribution < -0.4 is 10.6 Å². The summed E-state index contributed by atoms with van der Waals surface area (Å²) in [4.78, 5) is 17.0. The molecule has 3 aromatic rings. The molecule has 2 N–H and O–H groups in total. The fraction of sp³-hybridized carbons (Fsp3) is 0.300. The Balaban J connectivity index is 0.00000140. The van der Waals surface area contributed by atoms with Gasteiger partial charge in [-0.1, -0.05) is 12.1 Å². The summed E-state index contributed by atoms with van der Waals surface area (Å²) in [5.41, 5.74) is 4.13. The highest BCUT2D eigenvalue weighted by atomic mass is 35.5. The Morgan fingerprint density at radius 2 is 2.04 bits per heavy atom. The van der Waals surface area contributed by atoms with Gasteiger partial charge in [0.05, 0.1) is 17.1 Å². The molecule has 5 nitrogen and oxygen atoms in total. The number of hydrogen-bond acceptors (Lipinski definition) is 3. The van der Waals surface area contributed by atoms with Crippen LogP contribution in [0.5, 0.6) is 0 Å². The van der Waals surface area contributed by atoms with Crippen LogP contribution in [0, 0.1) is 12.7 Å². The molecule has 0 saturated carbocycles. The molecular formula is C20H23Cl2FN4O. The average molecular weight is 425 g/mol. The Bertz CT molecular complexity index is 999. The number of carbonyl (C=O) groups is 1. The van der Waals surface area contributed by atoms with Crippen molar-refractivity contribution >= 4 is 47.4 Å². The highest BCUT2D eigenvalue weighted by Gasteiger charge is 2.22. The molecule has 0 bridgehead atoms. The Hall–Kier alpha value is -2.15. The normalized spacial score (nSPS) is 15.8. The van der Waals surface area contributed by atoms with Crippen LogP contribution in [0.15, 0.2) is 36.4 Å². The van der Waals surface area contributed by atoms with E-state index in [1.165, 1.54) is 12.1 Å². The molecular weight excluding hydrogens is 402 g/mol. The smallest absolute Gasteiger partial charge is 0.241 e. The highest BCUT2D eigenvalue weighted by Crippen LogP contribution is 2.28. The lowest BCUT2D eigenvalue weighted by Crippen LogP contribution is -2.35. The molecule has 0 spiro atoms. The monoisotopic (exact) mass is 424 g/mol. The number of imidazole rings is 1. The van der Waals surface area contributed by atoms with Gasteiger partial charge < -0.3 is 15.2 Å². The molecule has 2 aromatic carbocycles. The minimum atomic E-state index is -0.303. The molecule has 1 aliphatic rings. The highest BCUT2D eigenvalue weighted by molar-refractivity contribution is 5.96. The molecule has 1 unspecified atom stereocenters. The van der Waals surface area contributed by atoms with Crippen molar-refractivity contribution in [3.8, 4) is 11.4 Å². The number of aromatic nitrogens is 2. The predicted octanol–water partition coefficient (Wildman–Crippen LogP) is 4.22. The van der Waals surface area contributed by atoms with Gasteiger partial charge in [0.2, 0.25) is 5.91 Å². The summed E-state index contributed by atoms with van der Waals surface area (Å²) in [6, 6.07) is 10.3. The van der Waals surface area contributed by atoms with Gasteiger partial charge in [0.15, 0.2) is 0 Å². The van der Waals surface area contributed by atoms with Crippen LogP contribution in [0.3, 0.4) is 0 Å². The lowest BCUT2D eigenvalue weighted by atomic mass is 10.1. The van der Waals surface area contributed by atoms with E-state index in [4.69, 9.17) is 0 Å². The van der Waals surface area contributed by atoms with E-state index in [-0.39, 0.29) is 42.6 Å². The maximum atomic E-state index is 13.5. The maximum Gasteiger partial charge on any atom is 0.241 e. The number of anilines is 1. The molecule has 4 rings (SSSR count). The van der Waals surface area contributed by atoms with Gasteiger partial charge in [0.1, 0.15) is 11.6 Å². The third-order valence-electron chi connectivity index (χ3n) is 4.97. The second-order valence-corrected chi connectivity index (χ2v) is 6.80. The van der Waals surface area contributed by atoms with Crippen molar-refractivity contribution in [2.45, 2.75) is 25.8 Å². The standard InChI is InChI=1S/C20H21FN4O.2ClH/c1-12-5-6-13(10-16(12)24-20(26)15-4-3-9-22-15)19-23-17-11-14(21)7-8-18(17)25(19)2;;/h5-8,10-11,15,22H,3-4,9H2,1-2H3,(H,24,26);2*1H. The SMILES string of the molecule is Cc1ccc(-c2nc3cc(F)ccc3n2C)cc1NC(=O)C1CCCN1.Cl.Cl. The quantitative estimate of drug-likeness (QED) is 0.661. The summed E-state index contributed by atoms with van der Waals surface area (Å²) in [5, 5.41) is 6.24. The Labute approximate surface area is 175 Å². The predicted molar refractivity (Wildman–Crippen MR) is 115 cm³/mol. The van der Waals surface area contributed by atoms with E-state index < -0.39 is 0 Å². The maximum absolute atomic E-state index is 13.5. The molecule has 1 amide bonds. The van der Waals surface area contributed by atoms with Crippen molar-refractivity contribution < 1.29 is 9.18 Å². The number of hydrogen-bond donors (Lipinski definition) is 2. The Kier molecular flexibility index (Phi) is 7.04. The number of rotatable bonds is 3. The molecule has 1 aromatic heterocycles. The molecule has 1 aliphatic heterocycles. The first kappa shape index (κ1) is 22.1. The van der Waals surface area contributed by atoms with Crippen molar-refractivity contribution in [2.75, 3.05) is 11.9 Å². The van der Waals surface area contributed by atoms with E-state index in [0.29, 0.717) is 5.52 Å². The molecule has 0 radical (unpaired) electrons. The first-order valence-electron chi connectivity index (χ1n) is 8.80. The minimum absolute atomic E-state index is 0. The molecule has 1 atom stereocenters. The summed E-state index contributed by atoms with van der Waals surface area (Å²) in [7, 11) is 1.91. The van der Waals surface area contributed by atoms with Crippen LogP contribution in [-0.4, -0.2) is 28.0 Å². The summed E-state index contributed by atoms with van der Waals surface area (Å²) >= 11 is 0. The van der Waals surface area contributed by atoms with Crippen LogP contribution in [0.2, 0.25) is 0 Å². The molecule has 150 valence electrons. The van der Waals surface area contributed by atoms with Crippen LogP contribution in [0.25, 0.3) is 22.4 Å². The molecule has 2 heterocycles. The van der Waals surface area contributed by atoms with E-state index in [0.717, 1.165) is 47.5 Å². The van der Waals surface area contributed by atoms with Gasteiger partial charge in [-0.15, -0.1) is 24.8 Å². The number of carbonyl (C=O) groups excluding carboxylic acids is 1. The summed E-state index contributed by atoms with van der Waals surface area (Å²) in [6.07, 6.45) is 1.88. The van der Waals surface area contributed by atoms with Crippen LogP contribution in [-0.2, 0) is 11.8 Å². The average Bonchev–Trinajstić information content (AvgIpc) is 3.25. The lowest BCUT2D eigenvalue weighted by molar-refractivity contribution is -0.117. The van der Waals surface area contributed by atoms with Crippen molar-refractivity contribution in [2.24, 2.45) is 7.05 Å². The fourth-order valence-corrected chi connectivity index (χ4v) is 3.46. The number of fused-ring (bicyclic) bond motifs is 1. The van der Waals surface area contributed by atoms with E-state index in [1.54, 1.807) is 6.07 Å². The van der Waals surface area contributed by atoms with Gasteiger partial charge in [-0.3, -0.25) is 4.79 Å². The molecule has 0 aliphatic carbocycles. The van der Waals surface area contributed by atoms with Crippen molar-refractivity contribution in [3.63, 3.8) is 0 Å². The van der Waals surface area contributed by atoms with Gasteiger partial charge in [0.25, 0.3) is 0 Å². The topological polar surface area (TPSA) is 59.0 Å². The zero-order valence-electron chi connectivity index (χ0n) is 15.7. The molecule has 1 fully saturated rings. The lowest BCUT2D eigenvalue weighted by Gasteiger charge is -2.14. The summed E-state index contributed by atoms with van der Waals surface area (Å²) < 4.78 is 15.4. The third-order valence-corrected chi connectivity index (χ3v) is 4.97. The summed E-state index contributed by atoms with van der Waals surface area (Å²) in [5.74, 6) is 0.429. The van der Waals surface area contributed by atoms with E-state index in [9.17, 15) is 9.18 Å². The minimum Gasteiger partial charge on any atom is -0.327 e. The zero-order chi connectivity index (χ0) is 18.3. The van der Waals surface area contributed by atoms with Gasteiger partial charge in [-0.2, -0.15) is 0 Å². The second-order valence-electron chi connectivity index (χ2n) is 6.80. The van der Waals surface area contributed by atoms with Crippen LogP contribution in [0.4, 0.5) is 10.1 Å². The molecule has 28 heavy (non-hydrogen) atoms. The van der Waals surface area contributed by atoms with Gasteiger partial charge in [-0.25, -0.2) is 9.37 Å². The van der Waals surface area contributed by atoms with Crippen LogP contribution in [0.1, 0.15) is 18.4 Å². The zero-order valence-corrected chi connectivity index (χ0v) is 17.3. The van der Waals surface area contributed by atoms with Gasteiger partial charge in [0, 0.05) is 24.4 Å². The molecule has 8 heteroatoms. The van der Waals surface area contributed by atoms with Crippen LogP contribution >= 0.6 is 24.8 Å². The number of amides is 1. The number of nitrogens with zero attached hydrogens (tertiary/aromatic N) is 2. The van der Waals surface area contributed by atoms with Crippen molar-refractivity contribution in [1.29, 1.82) is 0 Å². The largest absolute Gasteiger partial charge is 0.327 e. The second kappa shape index (κ2) is 8.90. The number of benzene rings is 2. The van der Waals surface area contributed by atoms with Gasteiger partial charge in [-0.05, 0) is 50.1 Å². The first-order valence-corrected chi connectivity index (χ1v) is 8.80. The van der Waals surface area contributed by atoms with Gasteiger partial charge >= 0.3 is 0 Å². The Morgan fingerprint density at radius 3 is 2.75 bits per heavy atom. The number of nitrogens with one attached hydrogen (secondary N) is 2. The number of aryl methyl sites for hydroxylation is 2. The number of halogens is 3. The molecule has 1 saturated heterocycles. The summed E-state index contributed by atoms with van der Waals surface area (Å²) in [6.45, 7) is 2.85. The first-order chi connectivity index (χ1) is 12.5. The van der Waals surface area contributed by atoms with E-state index >= 15 is 0 Å². The fourth-order valence-electron chi connectivity index (χ4n) is 3.46. The third kappa shape index (κ3) is 4.14.